The Kier molecular flexibility index (Phi) is 5.98. The summed E-state index contributed by atoms with van der Waals surface area (Å²) in [5.41, 5.74) is -1.05. The minimum absolute atomic E-state index is 0.153. The number of aliphatic hydroxyl groups is 1. The number of alkyl halides is 3. The van der Waals surface area contributed by atoms with Crippen molar-refractivity contribution in [1.82, 2.24) is 9.55 Å². The van der Waals surface area contributed by atoms with Crippen LogP contribution in [0.1, 0.15) is 12.6 Å². The van der Waals surface area contributed by atoms with E-state index in [4.69, 9.17) is 39.5 Å². The highest BCUT2D eigenvalue weighted by atomic mass is 35.6. The van der Waals surface area contributed by atoms with Gasteiger partial charge in [0.05, 0.1) is 12.7 Å². The van der Waals surface area contributed by atoms with Crippen LogP contribution in [0.25, 0.3) is 0 Å². The fourth-order valence-electron chi connectivity index (χ4n) is 1.91. The van der Waals surface area contributed by atoms with Crippen LogP contribution < -0.4 is 11.2 Å². The van der Waals surface area contributed by atoms with E-state index in [2.05, 4.69) is 4.98 Å². The Morgan fingerprint density at radius 1 is 1.48 bits per heavy atom. The maximum atomic E-state index is 11.7. The summed E-state index contributed by atoms with van der Waals surface area (Å²) in [5, 5.41) is 9.20. The zero-order valence-corrected chi connectivity index (χ0v) is 14.3. The highest BCUT2D eigenvalue weighted by molar-refractivity contribution is 8.78. The second-order valence-electron chi connectivity index (χ2n) is 4.23. The van der Waals surface area contributed by atoms with Gasteiger partial charge >= 0.3 is 5.69 Å². The van der Waals surface area contributed by atoms with Crippen molar-refractivity contribution in [3.8, 4) is 0 Å². The van der Waals surface area contributed by atoms with Crippen molar-refractivity contribution >= 4 is 56.4 Å². The fourth-order valence-corrected chi connectivity index (χ4v) is 4.94. The third kappa shape index (κ3) is 4.82. The number of aromatic amines is 1. The molecule has 6 nitrogen and oxygen atoms in total. The molecule has 1 aliphatic heterocycles. The second kappa shape index (κ2) is 7.16. The van der Waals surface area contributed by atoms with Crippen LogP contribution >= 0.6 is 56.4 Å². The Morgan fingerprint density at radius 2 is 2.19 bits per heavy atom. The zero-order valence-electron chi connectivity index (χ0n) is 10.4. The van der Waals surface area contributed by atoms with Gasteiger partial charge in [-0.15, -0.1) is 0 Å². The maximum absolute atomic E-state index is 11.7. The third-order valence-corrected chi connectivity index (χ3v) is 7.11. The van der Waals surface area contributed by atoms with E-state index in [0.29, 0.717) is 6.42 Å². The van der Waals surface area contributed by atoms with E-state index < -0.39 is 26.7 Å². The molecule has 0 aliphatic carbocycles. The highest BCUT2D eigenvalue weighted by Gasteiger charge is 2.38. The molecule has 1 fully saturated rings. The first kappa shape index (κ1) is 17.5. The molecule has 3 atom stereocenters. The van der Waals surface area contributed by atoms with Crippen molar-refractivity contribution in [2.45, 2.75) is 27.1 Å². The summed E-state index contributed by atoms with van der Waals surface area (Å²) in [5.74, 6) is 0. The average Bonchev–Trinajstić information content (AvgIpc) is 2.78. The quantitative estimate of drug-likeness (QED) is 0.600. The summed E-state index contributed by atoms with van der Waals surface area (Å²) in [4.78, 5) is 24.9. The molecule has 11 heteroatoms. The minimum Gasteiger partial charge on any atom is -0.394 e. The first-order chi connectivity index (χ1) is 9.80. The number of ether oxygens (including phenoxy) is 1. The molecule has 118 valence electrons. The molecule has 0 aromatic carbocycles. The Bertz CT molecular complexity index is 603. The number of halogens is 3. The van der Waals surface area contributed by atoms with Crippen LogP contribution in [-0.2, 0) is 4.74 Å². The Hall–Kier alpha value is 0.170. The van der Waals surface area contributed by atoms with E-state index >= 15 is 0 Å². The molecule has 0 spiro atoms. The maximum Gasteiger partial charge on any atom is 0.330 e. The Labute approximate surface area is 142 Å². The van der Waals surface area contributed by atoms with Gasteiger partial charge in [-0.05, 0) is 10.8 Å². The topological polar surface area (TPSA) is 84.3 Å². The van der Waals surface area contributed by atoms with Gasteiger partial charge in [0.1, 0.15) is 6.23 Å². The van der Waals surface area contributed by atoms with E-state index in [1.165, 1.54) is 27.6 Å². The summed E-state index contributed by atoms with van der Waals surface area (Å²) in [7, 11) is 2.31. The molecular formula is C10H11Cl3N2O4S2. The van der Waals surface area contributed by atoms with Gasteiger partial charge in [-0.25, -0.2) is 4.79 Å². The summed E-state index contributed by atoms with van der Waals surface area (Å²) >= 11 is 17.0. The SMILES string of the molecule is O=c1ccn([C@H]2C[C@H](SSC(Cl)(Cl)Cl)[C@@H](CO)O2)c(=O)[nH]1. The second-order valence-corrected chi connectivity index (χ2v) is 9.84. The van der Waals surface area contributed by atoms with Crippen LogP contribution in [0.15, 0.2) is 21.9 Å². The first-order valence-electron chi connectivity index (χ1n) is 5.79. The Balaban J connectivity index is 2.11. The molecule has 1 saturated heterocycles. The molecule has 0 amide bonds. The van der Waals surface area contributed by atoms with Crippen molar-refractivity contribution in [3.05, 3.63) is 33.1 Å². The largest absolute Gasteiger partial charge is 0.394 e. The smallest absolute Gasteiger partial charge is 0.330 e. The lowest BCUT2D eigenvalue weighted by Crippen LogP contribution is -2.31. The molecule has 0 radical (unpaired) electrons. The summed E-state index contributed by atoms with van der Waals surface area (Å²) < 4.78 is 5.42. The number of hydrogen-bond donors (Lipinski definition) is 2. The predicted octanol–water partition coefficient (Wildman–Crippen LogP) is 1.89. The fraction of sp³-hybridized carbons (Fsp3) is 0.600. The molecule has 2 heterocycles. The van der Waals surface area contributed by atoms with E-state index in [1.54, 1.807) is 0 Å². The van der Waals surface area contributed by atoms with Crippen molar-refractivity contribution < 1.29 is 9.84 Å². The first-order valence-corrected chi connectivity index (χ1v) is 9.14. The zero-order chi connectivity index (χ0) is 15.6. The van der Waals surface area contributed by atoms with E-state index in [0.717, 1.165) is 10.8 Å². The standard InChI is InChI=1S/C10H11Cl3N2O4S2/c11-10(12,13)21-20-6-3-8(19-5(6)4-16)15-2-1-7(17)14-9(15)18/h1-2,5-6,8,16H,3-4H2,(H,14,17,18)/t5-,6+,8-/m1/s1. The number of rotatable bonds is 4. The number of aliphatic hydroxyl groups excluding tert-OH is 1. The lowest BCUT2D eigenvalue weighted by atomic mass is 10.2. The van der Waals surface area contributed by atoms with Crippen LogP contribution in [0, 0.1) is 0 Å². The van der Waals surface area contributed by atoms with Crippen molar-refractivity contribution in [3.63, 3.8) is 0 Å². The summed E-state index contributed by atoms with van der Waals surface area (Å²) in [6.07, 6.45) is 0.726. The molecule has 0 bridgehead atoms. The molecule has 1 aromatic rings. The number of H-pyrrole nitrogens is 1. The average molecular weight is 394 g/mol. The van der Waals surface area contributed by atoms with Crippen LogP contribution in [0.2, 0.25) is 0 Å². The molecule has 21 heavy (non-hydrogen) atoms. The van der Waals surface area contributed by atoms with Gasteiger partial charge in [0.2, 0.25) is 3.12 Å². The third-order valence-electron chi connectivity index (χ3n) is 2.79. The normalized spacial score (nSPS) is 26.2. The summed E-state index contributed by atoms with van der Waals surface area (Å²) in [6.45, 7) is -0.216. The monoisotopic (exact) mass is 392 g/mol. The molecule has 1 aliphatic rings. The van der Waals surface area contributed by atoms with E-state index in [-0.39, 0.29) is 11.9 Å². The highest BCUT2D eigenvalue weighted by Crippen LogP contribution is 2.51. The van der Waals surface area contributed by atoms with Gasteiger partial charge in [0.15, 0.2) is 0 Å². The Morgan fingerprint density at radius 3 is 2.76 bits per heavy atom. The number of aromatic nitrogens is 2. The molecule has 2 N–H and O–H groups in total. The van der Waals surface area contributed by atoms with Gasteiger partial charge < -0.3 is 9.84 Å². The molecular weight excluding hydrogens is 383 g/mol. The van der Waals surface area contributed by atoms with Crippen molar-refractivity contribution in [2.75, 3.05) is 6.61 Å². The lowest BCUT2D eigenvalue weighted by Gasteiger charge is -2.16. The number of nitrogens with zero attached hydrogens (tertiary/aromatic N) is 1. The lowest BCUT2D eigenvalue weighted by molar-refractivity contribution is -0.0237. The minimum atomic E-state index is -1.47. The van der Waals surface area contributed by atoms with Crippen LogP contribution in [0.5, 0.6) is 0 Å². The van der Waals surface area contributed by atoms with Gasteiger partial charge in [-0.3, -0.25) is 14.3 Å². The van der Waals surface area contributed by atoms with Crippen LogP contribution in [-0.4, -0.2) is 35.7 Å². The number of hydrogen-bond acceptors (Lipinski definition) is 6. The van der Waals surface area contributed by atoms with Gasteiger partial charge in [0, 0.05) is 23.9 Å². The summed E-state index contributed by atoms with van der Waals surface area (Å²) in [6, 6.07) is 1.23. The van der Waals surface area contributed by atoms with Gasteiger partial charge in [0.25, 0.3) is 5.56 Å². The van der Waals surface area contributed by atoms with Crippen LogP contribution in [0.4, 0.5) is 0 Å². The van der Waals surface area contributed by atoms with E-state index in [1.807, 2.05) is 0 Å². The van der Waals surface area contributed by atoms with Gasteiger partial charge in [-0.1, -0.05) is 45.6 Å². The van der Waals surface area contributed by atoms with Crippen molar-refractivity contribution in [2.24, 2.45) is 0 Å². The van der Waals surface area contributed by atoms with Gasteiger partial charge in [-0.2, -0.15) is 0 Å². The molecule has 0 saturated carbocycles. The number of nitrogens with one attached hydrogen (secondary N) is 1. The molecule has 1 aromatic heterocycles. The molecule has 2 rings (SSSR count). The van der Waals surface area contributed by atoms with E-state index in [9.17, 15) is 14.7 Å². The predicted molar refractivity (Wildman–Crippen MR) is 86.2 cm³/mol. The van der Waals surface area contributed by atoms with Crippen molar-refractivity contribution in [1.29, 1.82) is 0 Å². The van der Waals surface area contributed by atoms with Crippen LogP contribution in [0.3, 0.4) is 0 Å². The molecule has 0 unspecified atom stereocenters.